The highest BCUT2D eigenvalue weighted by Crippen LogP contribution is 2.16. The lowest BCUT2D eigenvalue weighted by Crippen LogP contribution is -2.11. The minimum absolute atomic E-state index is 0.347. The topological polar surface area (TPSA) is 69.4 Å². The Balaban J connectivity index is 2.26. The average Bonchev–Trinajstić information content (AvgIpc) is 2.35. The number of hydrogen-bond donors (Lipinski definition) is 2. The number of halogens is 1. The second-order valence-corrected chi connectivity index (χ2v) is 4.70. The molecular formula is C12H20ClN3O2. The van der Waals surface area contributed by atoms with Gasteiger partial charge in [0.15, 0.2) is 0 Å². The predicted octanol–water partition coefficient (Wildman–Crippen LogP) is 2.21. The number of aromatic nitrogens is 1. The van der Waals surface area contributed by atoms with Crippen LogP contribution in [0.2, 0.25) is 5.02 Å². The Labute approximate surface area is 113 Å². The van der Waals surface area contributed by atoms with E-state index in [1.54, 1.807) is 12.1 Å². The third-order valence-corrected chi connectivity index (χ3v) is 2.47. The van der Waals surface area contributed by atoms with Crippen molar-refractivity contribution in [3.05, 3.63) is 22.8 Å². The van der Waals surface area contributed by atoms with E-state index in [0.29, 0.717) is 42.3 Å². The zero-order valence-corrected chi connectivity index (χ0v) is 11.5. The van der Waals surface area contributed by atoms with Gasteiger partial charge in [-0.3, -0.25) is 0 Å². The van der Waals surface area contributed by atoms with Crippen LogP contribution in [0.3, 0.4) is 0 Å². The van der Waals surface area contributed by atoms with Gasteiger partial charge in [-0.1, -0.05) is 25.4 Å². The van der Waals surface area contributed by atoms with Crippen LogP contribution in [-0.4, -0.2) is 24.8 Å². The van der Waals surface area contributed by atoms with Crippen LogP contribution in [0.15, 0.2) is 12.1 Å². The number of rotatable bonds is 8. The number of hydrazine groups is 1. The first-order valence-electron chi connectivity index (χ1n) is 5.91. The number of pyridine rings is 1. The van der Waals surface area contributed by atoms with Gasteiger partial charge in [-0.05, 0) is 18.1 Å². The quantitative estimate of drug-likeness (QED) is 0.432. The van der Waals surface area contributed by atoms with Gasteiger partial charge in [-0.25, -0.2) is 10.8 Å². The summed E-state index contributed by atoms with van der Waals surface area (Å²) in [6.45, 7) is 6.40. The van der Waals surface area contributed by atoms with E-state index in [2.05, 4.69) is 24.3 Å². The highest BCUT2D eigenvalue weighted by molar-refractivity contribution is 6.31. The van der Waals surface area contributed by atoms with Crippen molar-refractivity contribution in [2.75, 3.05) is 25.2 Å². The van der Waals surface area contributed by atoms with E-state index >= 15 is 0 Å². The molecule has 0 bridgehead atoms. The lowest BCUT2D eigenvalue weighted by atomic mass is 10.2. The van der Waals surface area contributed by atoms with Gasteiger partial charge < -0.3 is 14.9 Å². The molecule has 0 radical (unpaired) electrons. The van der Waals surface area contributed by atoms with Crippen LogP contribution in [0.25, 0.3) is 0 Å². The molecule has 3 N–H and O–H groups in total. The number of ether oxygens (including phenoxy) is 2. The number of nitrogens with one attached hydrogen (secondary N) is 1. The third-order valence-electron chi connectivity index (χ3n) is 2.13. The van der Waals surface area contributed by atoms with Gasteiger partial charge in [-0.2, -0.15) is 0 Å². The van der Waals surface area contributed by atoms with Crippen LogP contribution in [0.4, 0.5) is 5.82 Å². The van der Waals surface area contributed by atoms with Crippen molar-refractivity contribution >= 4 is 17.4 Å². The average molecular weight is 274 g/mol. The first-order chi connectivity index (χ1) is 8.63. The summed E-state index contributed by atoms with van der Waals surface area (Å²) in [5.41, 5.74) is 3.13. The second kappa shape index (κ2) is 8.26. The molecule has 0 aliphatic rings. The zero-order valence-electron chi connectivity index (χ0n) is 10.8. The molecule has 18 heavy (non-hydrogen) atoms. The molecule has 1 rings (SSSR count). The molecule has 5 nitrogen and oxygen atoms in total. The minimum atomic E-state index is 0.347. The number of hydrogen-bond acceptors (Lipinski definition) is 5. The number of nitrogen functional groups attached to an aromatic ring is 1. The molecule has 0 unspecified atom stereocenters. The number of nitrogens with two attached hydrogens (primary N) is 1. The van der Waals surface area contributed by atoms with Gasteiger partial charge in [0.2, 0.25) is 0 Å². The van der Waals surface area contributed by atoms with E-state index in [-0.39, 0.29) is 0 Å². The highest BCUT2D eigenvalue weighted by atomic mass is 35.5. The summed E-state index contributed by atoms with van der Waals surface area (Å²) in [5.74, 6) is 6.37. The van der Waals surface area contributed by atoms with Crippen molar-refractivity contribution in [1.29, 1.82) is 0 Å². The second-order valence-electron chi connectivity index (χ2n) is 4.29. The number of anilines is 1. The summed E-state index contributed by atoms with van der Waals surface area (Å²) in [6, 6.07) is 3.44. The molecule has 0 atom stereocenters. The fraction of sp³-hybridized carbons (Fsp3) is 0.583. The Bertz CT molecular complexity index is 361. The van der Waals surface area contributed by atoms with Gasteiger partial charge in [0.25, 0.3) is 0 Å². The molecule has 0 spiro atoms. The first-order valence-corrected chi connectivity index (χ1v) is 6.28. The maximum absolute atomic E-state index is 5.99. The van der Waals surface area contributed by atoms with Crippen molar-refractivity contribution < 1.29 is 9.47 Å². The van der Waals surface area contributed by atoms with Crippen LogP contribution >= 0.6 is 11.6 Å². The Morgan fingerprint density at radius 3 is 2.72 bits per heavy atom. The largest absolute Gasteiger partial charge is 0.379 e. The van der Waals surface area contributed by atoms with Crippen molar-refractivity contribution in [2.45, 2.75) is 20.5 Å². The predicted molar refractivity (Wildman–Crippen MR) is 72.4 cm³/mol. The Hall–Kier alpha value is -0.880. The van der Waals surface area contributed by atoms with E-state index < -0.39 is 0 Å². The zero-order chi connectivity index (χ0) is 13.4. The molecule has 6 heteroatoms. The summed E-state index contributed by atoms with van der Waals surface area (Å²) in [5, 5.41) is 0.567. The van der Waals surface area contributed by atoms with Gasteiger partial charge in [0.1, 0.15) is 5.82 Å². The standard InChI is InChI=1S/C12H20ClN3O2/c1-9(2)7-17-5-6-18-8-11-10(13)3-4-12(15-11)16-14/h3-4,9H,5-8,14H2,1-2H3,(H,15,16). The molecule has 1 heterocycles. The summed E-state index contributed by atoms with van der Waals surface area (Å²) in [4.78, 5) is 4.20. The fourth-order valence-corrected chi connectivity index (χ4v) is 1.43. The third kappa shape index (κ3) is 5.64. The molecule has 0 aliphatic carbocycles. The fourth-order valence-electron chi connectivity index (χ4n) is 1.27. The van der Waals surface area contributed by atoms with E-state index in [9.17, 15) is 0 Å². The lowest BCUT2D eigenvalue weighted by Gasteiger charge is -2.09. The molecule has 1 aromatic rings. The van der Waals surface area contributed by atoms with E-state index in [4.69, 9.17) is 26.9 Å². The van der Waals surface area contributed by atoms with Gasteiger partial charge in [-0.15, -0.1) is 0 Å². The van der Waals surface area contributed by atoms with Crippen molar-refractivity contribution in [2.24, 2.45) is 11.8 Å². The Morgan fingerprint density at radius 1 is 1.33 bits per heavy atom. The van der Waals surface area contributed by atoms with Gasteiger partial charge in [0, 0.05) is 6.61 Å². The van der Waals surface area contributed by atoms with Crippen molar-refractivity contribution in [1.82, 2.24) is 4.98 Å². The summed E-state index contributed by atoms with van der Waals surface area (Å²) in [6.07, 6.45) is 0. The van der Waals surface area contributed by atoms with Crippen molar-refractivity contribution in [3.63, 3.8) is 0 Å². The van der Waals surface area contributed by atoms with Gasteiger partial charge >= 0.3 is 0 Å². The molecule has 0 amide bonds. The number of nitrogens with zero attached hydrogens (tertiary/aromatic N) is 1. The minimum Gasteiger partial charge on any atom is -0.379 e. The van der Waals surface area contributed by atoms with E-state index in [0.717, 1.165) is 6.61 Å². The van der Waals surface area contributed by atoms with E-state index in [1.165, 1.54) is 0 Å². The SMILES string of the molecule is CC(C)COCCOCc1nc(NN)ccc1Cl. The normalized spacial score (nSPS) is 10.9. The molecule has 0 saturated carbocycles. The van der Waals surface area contributed by atoms with Crippen LogP contribution < -0.4 is 11.3 Å². The summed E-state index contributed by atoms with van der Waals surface area (Å²) in [7, 11) is 0. The molecule has 0 aromatic carbocycles. The summed E-state index contributed by atoms with van der Waals surface area (Å²) >= 11 is 5.99. The first kappa shape index (κ1) is 15.2. The Kier molecular flexibility index (Phi) is 6.97. The molecular weight excluding hydrogens is 254 g/mol. The van der Waals surface area contributed by atoms with Crippen LogP contribution in [0.1, 0.15) is 19.5 Å². The molecule has 0 aliphatic heterocycles. The Morgan fingerprint density at radius 2 is 2.06 bits per heavy atom. The molecule has 1 aromatic heterocycles. The summed E-state index contributed by atoms with van der Waals surface area (Å²) < 4.78 is 10.8. The maximum atomic E-state index is 5.99. The molecule has 0 saturated heterocycles. The lowest BCUT2D eigenvalue weighted by molar-refractivity contribution is 0.0305. The van der Waals surface area contributed by atoms with Crippen LogP contribution in [0, 0.1) is 5.92 Å². The van der Waals surface area contributed by atoms with Crippen molar-refractivity contribution in [3.8, 4) is 0 Å². The molecule has 0 fully saturated rings. The monoisotopic (exact) mass is 273 g/mol. The molecule has 102 valence electrons. The maximum Gasteiger partial charge on any atom is 0.140 e. The highest BCUT2D eigenvalue weighted by Gasteiger charge is 2.03. The van der Waals surface area contributed by atoms with E-state index in [1.807, 2.05) is 0 Å². The van der Waals surface area contributed by atoms with Crippen LogP contribution in [-0.2, 0) is 16.1 Å². The smallest absolute Gasteiger partial charge is 0.140 e. The van der Waals surface area contributed by atoms with Crippen LogP contribution in [0.5, 0.6) is 0 Å². The van der Waals surface area contributed by atoms with Gasteiger partial charge in [0.05, 0.1) is 30.5 Å².